The molecule has 0 aliphatic carbocycles. The van der Waals surface area contributed by atoms with Crippen molar-refractivity contribution in [1.29, 1.82) is 5.41 Å². The van der Waals surface area contributed by atoms with Crippen molar-refractivity contribution < 1.29 is 17.9 Å². The Kier molecular flexibility index (Phi) is 4.09. The molecule has 0 spiro atoms. The standard InChI is InChI=1S/C14H10ClF3N2O/c15-10-7-8(13(19)20)5-6-12(10)21-11-4-2-1-3-9(11)14(16,17)18/h1-7H,(H3,19,20). The molecule has 0 atom stereocenters. The molecule has 2 aromatic rings. The molecular weight excluding hydrogens is 305 g/mol. The van der Waals surface area contributed by atoms with Gasteiger partial charge in [-0.1, -0.05) is 23.7 Å². The summed E-state index contributed by atoms with van der Waals surface area (Å²) in [6.45, 7) is 0. The highest BCUT2D eigenvalue weighted by molar-refractivity contribution is 6.32. The third kappa shape index (κ3) is 3.46. The first-order valence-corrected chi connectivity index (χ1v) is 6.15. The van der Waals surface area contributed by atoms with Crippen LogP contribution in [0.1, 0.15) is 11.1 Å². The van der Waals surface area contributed by atoms with Crippen molar-refractivity contribution in [3.63, 3.8) is 0 Å². The molecular formula is C14H10ClF3N2O. The SMILES string of the molecule is N=C(N)c1ccc(Oc2ccccc2C(F)(F)F)c(Cl)c1. The first-order chi connectivity index (χ1) is 9.79. The second-order valence-corrected chi connectivity index (χ2v) is 4.56. The highest BCUT2D eigenvalue weighted by atomic mass is 35.5. The molecule has 0 radical (unpaired) electrons. The molecule has 0 saturated heterocycles. The molecule has 0 saturated carbocycles. The Morgan fingerprint density at radius 1 is 1.10 bits per heavy atom. The van der Waals surface area contributed by atoms with Crippen LogP contribution in [0.3, 0.4) is 0 Å². The van der Waals surface area contributed by atoms with E-state index in [1.54, 1.807) is 0 Å². The van der Waals surface area contributed by atoms with E-state index in [0.717, 1.165) is 6.07 Å². The number of nitrogens with two attached hydrogens (primary N) is 1. The molecule has 0 unspecified atom stereocenters. The maximum Gasteiger partial charge on any atom is 0.419 e. The summed E-state index contributed by atoms with van der Waals surface area (Å²) in [5, 5.41) is 7.34. The predicted octanol–water partition coefficient (Wildman–Crippen LogP) is 4.44. The first-order valence-electron chi connectivity index (χ1n) is 5.77. The average molecular weight is 315 g/mol. The van der Waals surface area contributed by atoms with E-state index in [4.69, 9.17) is 27.5 Å². The van der Waals surface area contributed by atoms with Crippen LogP contribution < -0.4 is 10.5 Å². The van der Waals surface area contributed by atoms with Crippen molar-refractivity contribution in [1.82, 2.24) is 0 Å². The van der Waals surface area contributed by atoms with E-state index in [1.165, 1.54) is 36.4 Å². The molecule has 0 aliphatic rings. The summed E-state index contributed by atoms with van der Waals surface area (Å²) < 4.78 is 43.8. The minimum Gasteiger partial charge on any atom is -0.455 e. The summed E-state index contributed by atoms with van der Waals surface area (Å²) in [6, 6.07) is 9.01. The Bertz CT molecular complexity index is 686. The van der Waals surface area contributed by atoms with Crippen LogP contribution in [-0.4, -0.2) is 5.84 Å². The van der Waals surface area contributed by atoms with Gasteiger partial charge in [-0.05, 0) is 30.3 Å². The van der Waals surface area contributed by atoms with E-state index in [1.807, 2.05) is 0 Å². The minimum absolute atomic E-state index is 0.0540. The van der Waals surface area contributed by atoms with Gasteiger partial charge in [-0.3, -0.25) is 5.41 Å². The van der Waals surface area contributed by atoms with Crippen LogP contribution in [0.4, 0.5) is 13.2 Å². The van der Waals surface area contributed by atoms with Crippen LogP contribution in [0.25, 0.3) is 0 Å². The summed E-state index contributed by atoms with van der Waals surface area (Å²) in [7, 11) is 0. The first kappa shape index (κ1) is 15.2. The fourth-order valence-corrected chi connectivity index (χ4v) is 1.88. The lowest BCUT2D eigenvalue weighted by atomic mass is 10.2. The highest BCUT2D eigenvalue weighted by Crippen LogP contribution is 2.39. The molecule has 0 aromatic heterocycles. The van der Waals surface area contributed by atoms with Crippen molar-refractivity contribution in [2.75, 3.05) is 0 Å². The molecule has 7 heteroatoms. The zero-order chi connectivity index (χ0) is 15.6. The lowest BCUT2D eigenvalue weighted by Gasteiger charge is -2.14. The lowest BCUT2D eigenvalue weighted by Crippen LogP contribution is -2.10. The predicted molar refractivity (Wildman–Crippen MR) is 74.0 cm³/mol. The van der Waals surface area contributed by atoms with Crippen molar-refractivity contribution >= 4 is 17.4 Å². The third-order valence-corrected chi connectivity index (χ3v) is 2.95. The third-order valence-electron chi connectivity index (χ3n) is 2.66. The van der Waals surface area contributed by atoms with Crippen LogP contribution in [0.5, 0.6) is 11.5 Å². The van der Waals surface area contributed by atoms with E-state index in [2.05, 4.69) is 0 Å². The van der Waals surface area contributed by atoms with Crippen LogP contribution >= 0.6 is 11.6 Å². The summed E-state index contributed by atoms with van der Waals surface area (Å²) in [4.78, 5) is 0. The largest absolute Gasteiger partial charge is 0.455 e. The fraction of sp³-hybridized carbons (Fsp3) is 0.0714. The molecule has 2 aromatic carbocycles. The zero-order valence-corrected chi connectivity index (χ0v) is 11.3. The second kappa shape index (κ2) is 5.65. The van der Waals surface area contributed by atoms with Gasteiger partial charge in [0.15, 0.2) is 0 Å². The number of rotatable bonds is 3. The zero-order valence-electron chi connectivity index (χ0n) is 10.5. The molecule has 2 rings (SSSR count). The van der Waals surface area contributed by atoms with Crippen molar-refractivity contribution in [3.05, 3.63) is 58.6 Å². The van der Waals surface area contributed by atoms with Crippen molar-refractivity contribution in [2.45, 2.75) is 6.18 Å². The molecule has 0 fully saturated rings. The van der Waals surface area contributed by atoms with Gasteiger partial charge in [0, 0.05) is 5.56 Å². The van der Waals surface area contributed by atoms with Gasteiger partial charge < -0.3 is 10.5 Å². The number of hydrogen-bond acceptors (Lipinski definition) is 2. The van der Waals surface area contributed by atoms with E-state index in [0.29, 0.717) is 5.56 Å². The molecule has 0 heterocycles. The number of hydrogen-bond donors (Lipinski definition) is 2. The van der Waals surface area contributed by atoms with E-state index >= 15 is 0 Å². The highest BCUT2D eigenvalue weighted by Gasteiger charge is 2.34. The van der Waals surface area contributed by atoms with E-state index < -0.39 is 11.7 Å². The maximum atomic E-state index is 12.9. The minimum atomic E-state index is -4.53. The fourth-order valence-electron chi connectivity index (χ4n) is 1.66. The number of halogens is 4. The number of benzene rings is 2. The summed E-state index contributed by atoms with van der Waals surface area (Å²) in [5.74, 6) is -0.486. The van der Waals surface area contributed by atoms with Crippen molar-refractivity contribution in [2.24, 2.45) is 5.73 Å². The number of para-hydroxylation sites is 1. The summed E-state index contributed by atoms with van der Waals surface area (Å²) in [6.07, 6.45) is -4.53. The summed E-state index contributed by atoms with van der Waals surface area (Å²) in [5.41, 5.74) is 4.77. The number of alkyl halides is 3. The number of ether oxygens (including phenoxy) is 1. The van der Waals surface area contributed by atoms with E-state index in [9.17, 15) is 13.2 Å². The van der Waals surface area contributed by atoms with Gasteiger partial charge >= 0.3 is 6.18 Å². The van der Waals surface area contributed by atoms with Gasteiger partial charge in [0.1, 0.15) is 17.3 Å². The van der Waals surface area contributed by atoms with Gasteiger partial charge in [0.05, 0.1) is 10.6 Å². The van der Waals surface area contributed by atoms with Gasteiger partial charge in [-0.15, -0.1) is 0 Å². The number of amidine groups is 1. The molecule has 110 valence electrons. The van der Waals surface area contributed by atoms with Crippen molar-refractivity contribution in [3.8, 4) is 11.5 Å². The Hall–Kier alpha value is -2.21. The molecule has 0 amide bonds. The summed E-state index contributed by atoms with van der Waals surface area (Å²) >= 11 is 5.93. The number of nitrogens with one attached hydrogen (secondary N) is 1. The Morgan fingerprint density at radius 3 is 2.33 bits per heavy atom. The monoisotopic (exact) mass is 314 g/mol. The van der Waals surface area contributed by atoms with Gasteiger partial charge in [0.25, 0.3) is 0 Å². The van der Waals surface area contributed by atoms with E-state index in [-0.39, 0.29) is 22.4 Å². The Labute approximate surface area is 123 Å². The van der Waals surface area contributed by atoms with Gasteiger partial charge in [0.2, 0.25) is 0 Å². The van der Waals surface area contributed by atoms with Crippen LogP contribution in [0.2, 0.25) is 5.02 Å². The normalized spacial score (nSPS) is 11.2. The Morgan fingerprint density at radius 2 is 1.76 bits per heavy atom. The smallest absolute Gasteiger partial charge is 0.419 e. The van der Waals surface area contributed by atoms with Gasteiger partial charge in [-0.2, -0.15) is 13.2 Å². The molecule has 0 aliphatic heterocycles. The van der Waals surface area contributed by atoms with Crippen LogP contribution in [-0.2, 0) is 6.18 Å². The lowest BCUT2D eigenvalue weighted by molar-refractivity contribution is -0.138. The molecule has 3 N–H and O–H groups in total. The van der Waals surface area contributed by atoms with Crippen LogP contribution in [0, 0.1) is 5.41 Å². The topological polar surface area (TPSA) is 59.1 Å². The number of nitrogen functional groups attached to an aromatic ring is 1. The maximum absolute atomic E-state index is 12.9. The van der Waals surface area contributed by atoms with Crippen LogP contribution in [0.15, 0.2) is 42.5 Å². The van der Waals surface area contributed by atoms with Gasteiger partial charge in [-0.25, -0.2) is 0 Å². The molecule has 3 nitrogen and oxygen atoms in total. The average Bonchev–Trinajstić information content (AvgIpc) is 2.40. The quantitative estimate of drug-likeness (QED) is 0.650. The molecule has 21 heavy (non-hydrogen) atoms. The molecule has 0 bridgehead atoms. The second-order valence-electron chi connectivity index (χ2n) is 4.15. The Balaban J connectivity index is 2.38.